The molecule has 1 aliphatic rings. The summed E-state index contributed by atoms with van der Waals surface area (Å²) in [6.07, 6.45) is 3.19. The van der Waals surface area contributed by atoms with Crippen LogP contribution in [0.2, 0.25) is 0 Å². The van der Waals surface area contributed by atoms with Gasteiger partial charge in [-0.3, -0.25) is 15.0 Å². The van der Waals surface area contributed by atoms with E-state index in [-0.39, 0.29) is 12.5 Å². The molecular weight excluding hydrogens is 234 g/mol. The highest BCUT2D eigenvalue weighted by Crippen LogP contribution is 2.24. The Bertz CT molecular complexity index is 325. The molecule has 0 aromatic heterocycles. The molecule has 3 N–H and O–H groups in total. The van der Waals surface area contributed by atoms with Crippen molar-refractivity contribution in [2.75, 3.05) is 26.2 Å². The monoisotopic (exact) mass is 255 g/mol. The Morgan fingerprint density at radius 3 is 2.72 bits per heavy atom. The van der Waals surface area contributed by atoms with Crippen LogP contribution in [0.3, 0.4) is 0 Å². The Morgan fingerprint density at radius 1 is 1.50 bits per heavy atom. The Kier molecular flexibility index (Phi) is 5.30. The molecule has 0 bridgehead atoms. The maximum absolute atomic E-state index is 11.5. The summed E-state index contributed by atoms with van der Waals surface area (Å²) in [6.45, 7) is 6.89. The minimum Gasteiger partial charge on any atom is -0.387 e. The minimum absolute atomic E-state index is 0.132. The standard InChI is InChI=1S/C12H21N3O3/c1-3-5-12(18)8-15(9-12)7-10(16)14-11(17)13-6-4-2/h4,18H,2-3,5-9H2,1H3,(H2,13,14,16,17). The van der Waals surface area contributed by atoms with Crippen LogP contribution in [0.15, 0.2) is 12.7 Å². The number of amides is 3. The van der Waals surface area contributed by atoms with Gasteiger partial charge in [-0.15, -0.1) is 6.58 Å². The van der Waals surface area contributed by atoms with E-state index in [0.717, 1.165) is 12.8 Å². The Labute approximate surface area is 107 Å². The largest absolute Gasteiger partial charge is 0.387 e. The zero-order valence-electron chi connectivity index (χ0n) is 10.7. The molecule has 1 heterocycles. The number of urea groups is 1. The maximum atomic E-state index is 11.5. The van der Waals surface area contributed by atoms with Gasteiger partial charge in [0.25, 0.3) is 0 Å². The van der Waals surface area contributed by atoms with Gasteiger partial charge in [0, 0.05) is 19.6 Å². The third-order valence-electron chi connectivity index (χ3n) is 2.78. The molecule has 3 amide bonds. The number of β-amino-alcohol motifs (C(OH)–C–C–N with tert-alkyl or cyclic N) is 1. The maximum Gasteiger partial charge on any atom is 0.321 e. The molecule has 0 spiro atoms. The van der Waals surface area contributed by atoms with Crippen molar-refractivity contribution >= 4 is 11.9 Å². The first-order valence-corrected chi connectivity index (χ1v) is 6.12. The zero-order valence-corrected chi connectivity index (χ0v) is 10.7. The predicted molar refractivity (Wildman–Crippen MR) is 68.0 cm³/mol. The van der Waals surface area contributed by atoms with E-state index in [9.17, 15) is 14.7 Å². The summed E-state index contributed by atoms with van der Waals surface area (Å²) in [5, 5.41) is 14.6. The molecule has 1 rings (SSSR count). The first kappa shape index (κ1) is 14.7. The summed E-state index contributed by atoms with van der Waals surface area (Å²) in [4.78, 5) is 24.5. The molecule has 0 aromatic rings. The summed E-state index contributed by atoms with van der Waals surface area (Å²) >= 11 is 0. The highest BCUT2D eigenvalue weighted by Gasteiger charge is 2.40. The van der Waals surface area contributed by atoms with E-state index in [4.69, 9.17) is 0 Å². The fourth-order valence-electron chi connectivity index (χ4n) is 2.10. The highest BCUT2D eigenvalue weighted by molar-refractivity contribution is 5.95. The van der Waals surface area contributed by atoms with Crippen LogP contribution in [0.1, 0.15) is 19.8 Å². The van der Waals surface area contributed by atoms with Crippen LogP contribution in [0, 0.1) is 0 Å². The lowest BCUT2D eigenvalue weighted by Gasteiger charge is -2.46. The second-order valence-electron chi connectivity index (χ2n) is 4.67. The molecule has 1 saturated heterocycles. The van der Waals surface area contributed by atoms with Crippen LogP contribution in [0.4, 0.5) is 4.79 Å². The Hall–Kier alpha value is -1.40. The first-order valence-electron chi connectivity index (χ1n) is 6.12. The van der Waals surface area contributed by atoms with Gasteiger partial charge in [0.05, 0.1) is 12.1 Å². The van der Waals surface area contributed by atoms with Crippen LogP contribution >= 0.6 is 0 Å². The molecule has 18 heavy (non-hydrogen) atoms. The molecule has 102 valence electrons. The number of rotatable bonds is 6. The predicted octanol–water partition coefficient (Wildman–Crippen LogP) is -0.155. The van der Waals surface area contributed by atoms with Gasteiger partial charge in [0.1, 0.15) is 0 Å². The summed E-state index contributed by atoms with van der Waals surface area (Å²) in [6, 6.07) is -0.524. The molecular formula is C12H21N3O3. The number of hydrogen-bond donors (Lipinski definition) is 3. The zero-order chi connectivity index (χ0) is 13.6. The number of imide groups is 1. The van der Waals surface area contributed by atoms with Crippen LogP contribution in [-0.4, -0.2) is 53.7 Å². The van der Waals surface area contributed by atoms with E-state index in [1.54, 1.807) is 0 Å². The van der Waals surface area contributed by atoms with E-state index in [1.807, 2.05) is 11.8 Å². The average Bonchev–Trinajstić information content (AvgIpc) is 2.24. The number of carbonyl (C=O) groups excluding carboxylic acids is 2. The molecule has 0 unspecified atom stereocenters. The van der Waals surface area contributed by atoms with Crippen molar-refractivity contribution < 1.29 is 14.7 Å². The molecule has 1 fully saturated rings. The van der Waals surface area contributed by atoms with E-state index in [1.165, 1.54) is 6.08 Å². The molecule has 0 atom stereocenters. The second kappa shape index (κ2) is 6.51. The van der Waals surface area contributed by atoms with E-state index in [2.05, 4.69) is 17.2 Å². The first-order chi connectivity index (χ1) is 8.49. The number of nitrogens with one attached hydrogen (secondary N) is 2. The van der Waals surface area contributed by atoms with Gasteiger partial charge in [0.15, 0.2) is 0 Å². The molecule has 0 saturated carbocycles. The van der Waals surface area contributed by atoms with Crippen molar-refractivity contribution in [3.05, 3.63) is 12.7 Å². The van der Waals surface area contributed by atoms with Crippen molar-refractivity contribution in [2.24, 2.45) is 0 Å². The average molecular weight is 255 g/mol. The number of carbonyl (C=O) groups is 2. The van der Waals surface area contributed by atoms with Crippen LogP contribution in [-0.2, 0) is 4.79 Å². The van der Waals surface area contributed by atoms with Gasteiger partial charge in [-0.05, 0) is 6.42 Å². The number of hydrogen-bond acceptors (Lipinski definition) is 4. The van der Waals surface area contributed by atoms with Crippen LogP contribution in [0.5, 0.6) is 0 Å². The van der Waals surface area contributed by atoms with Crippen molar-refractivity contribution in [1.82, 2.24) is 15.5 Å². The lowest BCUT2D eigenvalue weighted by Crippen LogP contribution is -2.63. The van der Waals surface area contributed by atoms with Gasteiger partial charge in [-0.25, -0.2) is 4.79 Å². The van der Waals surface area contributed by atoms with Crippen molar-refractivity contribution in [3.63, 3.8) is 0 Å². The van der Waals surface area contributed by atoms with Crippen molar-refractivity contribution in [3.8, 4) is 0 Å². The van der Waals surface area contributed by atoms with Crippen molar-refractivity contribution in [1.29, 1.82) is 0 Å². The summed E-state index contributed by atoms with van der Waals surface area (Å²) in [7, 11) is 0. The second-order valence-corrected chi connectivity index (χ2v) is 4.67. The van der Waals surface area contributed by atoms with Gasteiger partial charge in [-0.2, -0.15) is 0 Å². The highest BCUT2D eigenvalue weighted by atomic mass is 16.3. The van der Waals surface area contributed by atoms with Gasteiger partial charge in [0.2, 0.25) is 5.91 Å². The fraction of sp³-hybridized carbons (Fsp3) is 0.667. The Balaban J connectivity index is 2.19. The van der Waals surface area contributed by atoms with E-state index < -0.39 is 11.6 Å². The van der Waals surface area contributed by atoms with Crippen LogP contribution in [0.25, 0.3) is 0 Å². The molecule has 6 nitrogen and oxygen atoms in total. The minimum atomic E-state index is -0.653. The van der Waals surface area contributed by atoms with Gasteiger partial charge in [-0.1, -0.05) is 19.4 Å². The number of aliphatic hydroxyl groups is 1. The van der Waals surface area contributed by atoms with E-state index >= 15 is 0 Å². The molecule has 0 radical (unpaired) electrons. The Morgan fingerprint density at radius 2 is 2.17 bits per heavy atom. The fourth-order valence-corrected chi connectivity index (χ4v) is 2.10. The summed E-state index contributed by atoms with van der Waals surface area (Å²) in [5.74, 6) is -0.366. The molecule has 0 aliphatic carbocycles. The lowest BCUT2D eigenvalue weighted by atomic mass is 9.89. The quantitative estimate of drug-likeness (QED) is 0.576. The molecule has 6 heteroatoms. The summed E-state index contributed by atoms with van der Waals surface area (Å²) < 4.78 is 0. The third kappa shape index (κ3) is 4.46. The third-order valence-corrected chi connectivity index (χ3v) is 2.78. The lowest BCUT2D eigenvalue weighted by molar-refractivity contribution is -0.132. The van der Waals surface area contributed by atoms with Crippen LogP contribution < -0.4 is 10.6 Å². The van der Waals surface area contributed by atoms with Crippen molar-refractivity contribution in [2.45, 2.75) is 25.4 Å². The van der Waals surface area contributed by atoms with Gasteiger partial charge < -0.3 is 10.4 Å². The number of likely N-dealkylation sites (tertiary alicyclic amines) is 1. The smallest absolute Gasteiger partial charge is 0.321 e. The topological polar surface area (TPSA) is 81.7 Å². The molecule has 1 aliphatic heterocycles. The SMILES string of the molecule is C=CCNC(=O)NC(=O)CN1CC(O)(CCC)C1. The van der Waals surface area contributed by atoms with Gasteiger partial charge >= 0.3 is 6.03 Å². The molecule has 0 aromatic carbocycles. The van der Waals surface area contributed by atoms with E-state index in [0.29, 0.717) is 19.6 Å². The summed E-state index contributed by atoms with van der Waals surface area (Å²) in [5.41, 5.74) is -0.653. The normalized spacial score (nSPS) is 17.7. The number of nitrogens with zero attached hydrogens (tertiary/aromatic N) is 1.